The molecule has 0 saturated carbocycles. The summed E-state index contributed by atoms with van der Waals surface area (Å²) in [5, 5.41) is 4.77. The summed E-state index contributed by atoms with van der Waals surface area (Å²) in [6.07, 6.45) is 1.48. The lowest BCUT2D eigenvalue weighted by molar-refractivity contribution is 0.102. The van der Waals surface area contributed by atoms with Crippen molar-refractivity contribution >= 4 is 29.0 Å². The number of aromatic nitrogens is 2. The molecule has 6 heteroatoms. The highest BCUT2D eigenvalue weighted by Crippen LogP contribution is 2.26. The summed E-state index contributed by atoms with van der Waals surface area (Å²) in [6, 6.07) is 4.74. The number of carbonyl (C=O) groups is 1. The number of hydrogen-bond acceptors (Lipinski definition) is 3. The van der Waals surface area contributed by atoms with Gasteiger partial charge in [-0.1, -0.05) is 23.2 Å². The first-order valence-corrected chi connectivity index (χ1v) is 5.86. The Morgan fingerprint density at radius 2 is 2.11 bits per heavy atom. The molecule has 0 fully saturated rings. The standard InChI is InChI=1S/C12H10Cl2N2O2/c1-16-11(10(18-2)6-15-16)12(17)8-5-7(13)3-4-9(8)14/h3-6H,1-2H3. The van der Waals surface area contributed by atoms with Gasteiger partial charge in [0.1, 0.15) is 0 Å². The average Bonchev–Trinajstić information content (AvgIpc) is 2.72. The number of ketones is 1. The summed E-state index contributed by atoms with van der Waals surface area (Å²) in [4.78, 5) is 12.4. The topological polar surface area (TPSA) is 44.1 Å². The highest BCUT2D eigenvalue weighted by molar-refractivity contribution is 6.36. The number of carbonyl (C=O) groups excluding carboxylic acids is 1. The smallest absolute Gasteiger partial charge is 0.216 e. The molecule has 0 amide bonds. The fourth-order valence-electron chi connectivity index (χ4n) is 1.62. The molecule has 2 rings (SSSR count). The van der Waals surface area contributed by atoms with Gasteiger partial charge in [-0.15, -0.1) is 0 Å². The summed E-state index contributed by atoms with van der Waals surface area (Å²) in [6.45, 7) is 0. The minimum atomic E-state index is -0.278. The molecule has 1 aromatic carbocycles. The first kappa shape index (κ1) is 12.9. The van der Waals surface area contributed by atoms with Gasteiger partial charge in [-0.2, -0.15) is 5.10 Å². The molecule has 1 aromatic heterocycles. The second-order valence-corrected chi connectivity index (χ2v) is 4.48. The molecule has 2 aromatic rings. The van der Waals surface area contributed by atoms with Crippen LogP contribution in [0.25, 0.3) is 0 Å². The van der Waals surface area contributed by atoms with Gasteiger partial charge in [0.05, 0.1) is 18.3 Å². The molecule has 0 radical (unpaired) electrons. The van der Waals surface area contributed by atoms with Crippen LogP contribution in [-0.4, -0.2) is 22.7 Å². The van der Waals surface area contributed by atoms with Crippen molar-refractivity contribution in [3.05, 3.63) is 45.7 Å². The van der Waals surface area contributed by atoms with Crippen LogP contribution in [0.1, 0.15) is 16.1 Å². The summed E-state index contributed by atoms with van der Waals surface area (Å²) in [5.41, 5.74) is 0.660. The van der Waals surface area contributed by atoms with Crippen molar-refractivity contribution in [3.8, 4) is 5.75 Å². The van der Waals surface area contributed by atoms with E-state index in [1.165, 1.54) is 24.1 Å². The number of methoxy groups -OCH3 is 1. The van der Waals surface area contributed by atoms with E-state index in [0.717, 1.165) is 0 Å². The number of nitrogens with zero attached hydrogens (tertiary/aromatic N) is 2. The molecule has 0 bridgehead atoms. The Labute approximate surface area is 114 Å². The van der Waals surface area contributed by atoms with Crippen LogP contribution in [0.15, 0.2) is 24.4 Å². The van der Waals surface area contributed by atoms with Crippen molar-refractivity contribution in [1.29, 1.82) is 0 Å². The molecule has 0 N–H and O–H groups in total. The van der Waals surface area contributed by atoms with Crippen molar-refractivity contribution in [2.75, 3.05) is 7.11 Å². The molecular formula is C12H10Cl2N2O2. The van der Waals surface area contributed by atoms with Gasteiger partial charge in [-0.25, -0.2) is 0 Å². The van der Waals surface area contributed by atoms with Crippen LogP contribution in [0.4, 0.5) is 0 Å². The van der Waals surface area contributed by atoms with Gasteiger partial charge in [0.2, 0.25) is 5.78 Å². The van der Waals surface area contributed by atoms with E-state index in [2.05, 4.69) is 5.10 Å². The highest BCUT2D eigenvalue weighted by atomic mass is 35.5. The molecule has 0 saturated heterocycles. The molecule has 0 unspecified atom stereocenters. The number of rotatable bonds is 3. The van der Waals surface area contributed by atoms with E-state index in [0.29, 0.717) is 27.1 Å². The molecule has 0 aliphatic carbocycles. The van der Waals surface area contributed by atoms with Gasteiger partial charge < -0.3 is 4.74 Å². The number of aryl methyl sites for hydroxylation is 1. The maximum atomic E-state index is 12.4. The predicted octanol–water partition coefficient (Wildman–Crippen LogP) is 2.97. The zero-order valence-electron chi connectivity index (χ0n) is 9.78. The summed E-state index contributed by atoms with van der Waals surface area (Å²) < 4.78 is 6.54. The summed E-state index contributed by atoms with van der Waals surface area (Å²) >= 11 is 11.9. The first-order chi connectivity index (χ1) is 8.54. The Hall–Kier alpha value is -1.52. The molecule has 0 atom stereocenters. The van der Waals surface area contributed by atoms with E-state index in [1.807, 2.05) is 0 Å². The van der Waals surface area contributed by atoms with Crippen LogP contribution >= 0.6 is 23.2 Å². The van der Waals surface area contributed by atoms with Crippen molar-refractivity contribution in [2.45, 2.75) is 0 Å². The molecule has 4 nitrogen and oxygen atoms in total. The maximum absolute atomic E-state index is 12.4. The Bertz CT molecular complexity index is 608. The molecule has 0 aliphatic rings. The largest absolute Gasteiger partial charge is 0.493 e. The van der Waals surface area contributed by atoms with E-state index in [-0.39, 0.29) is 5.78 Å². The number of halogens is 2. The average molecular weight is 285 g/mol. The third-order valence-corrected chi connectivity index (χ3v) is 3.08. The lowest BCUT2D eigenvalue weighted by Crippen LogP contribution is -2.10. The molecule has 0 spiro atoms. The van der Waals surface area contributed by atoms with Gasteiger partial charge in [0.15, 0.2) is 11.4 Å². The van der Waals surface area contributed by atoms with Gasteiger partial charge in [-0.05, 0) is 18.2 Å². The fourth-order valence-corrected chi connectivity index (χ4v) is 2.00. The van der Waals surface area contributed by atoms with Crippen molar-refractivity contribution in [3.63, 3.8) is 0 Å². The van der Waals surface area contributed by atoms with Crippen LogP contribution in [0.5, 0.6) is 5.75 Å². The minimum Gasteiger partial charge on any atom is -0.493 e. The van der Waals surface area contributed by atoms with Gasteiger partial charge >= 0.3 is 0 Å². The van der Waals surface area contributed by atoms with Crippen LogP contribution in [0.3, 0.4) is 0 Å². The monoisotopic (exact) mass is 284 g/mol. The van der Waals surface area contributed by atoms with Crippen molar-refractivity contribution < 1.29 is 9.53 Å². The Morgan fingerprint density at radius 1 is 1.39 bits per heavy atom. The zero-order valence-corrected chi connectivity index (χ0v) is 11.3. The Morgan fingerprint density at radius 3 is 2.78 bits per heavy atom. The van der Waals surface area contributed by atoms with E-state index < -0.39 is 0 Å². The Kier molecular flexibility index (Phi) is 3.59. The van der Waals surface area contributed by atoms with Gasteiger partial charge in [-0.3, -0.25) is 9.48 Å². The van der Waals surface area contributed by atoms with Gasteiger partial charge in [0, 0.05) is 17.6 Å². The lowest BCUT2D eigenvalue weighted by atomic mass is 10.1. The third-order valence-electron chi connectivity index (χ3n) is 2.51. The third kappa shape index (κ3) is 2.21. The second kappa shape index (κ2) is 5.00. The van der Waals surface area contributed by atoms with E-state index in [4.69, 9.17) is 27.9 Å². The summed E-state index contributed by atoms with van der Waals surface area (Å²) in [7, 11) is 3.14. The van der Waals surface area contributed by atoms with Crippen LogP contribution < -0.4 is 4.74 Å². The fraction of sp³-hybridized carbons (Fsp3) is 0.167. The minimum absolute atomic E-state index is 0.278. The zero-order chi connectivity index (χ0) is 13.3. The molecule has 1 heterocycles. The van der Waals surface area contributed by atoms with E-state index in [1.54, 1.807) is 19.2 Å². The van der Waals surface area contributed by atoms with E-state index in [9.17, 15) is 4.79 Å². The second-order valence-electron chi connectivity index (χ2n) is 3.64. The lowest BCUT2D eigenvalue weighted by Gasteiger charge is -2.06. The van der Waals surface area contributed by atoms with Crippen LogP contribution in [-0.2, 0) is 7.05 Å². The normalized spacial score (nSPS) is 10.4. The number of ether oxygens (including phenoxy) is 1. The number of hydrogen-bond donors (Lipinski definition) is 0. The predicted molar refractivity (Wildman–Crippen MR) is 69.7 cm³/mol. The van der Waals surface area contributed by atoms with E-state index >= 15 is 0 Å². The van der Waals surface area contributed by atoms with Crippen molar-refractivity contribution in [1.82, 2.24) is 9.78 Å². The maximum Gasteiger partial charge on any atom is 0.216 e. The molecular weight excluding hydrogens is 275 g/mol. The molecule has 0 aliphatic heterocycles. The first-order valence-electron chi connectivity index (χ1n) is 5.10. The SMILES string of the molecule is COc1cnn(C)c1C(=O)c1cc(Cl)ccc1Cl. The van der Waals surface area contributed by atoms with Crippen LogP contribution in [0, 0.1) is 0 Å². The van der Waals surface area contributed by atoms with Crippen molar-refractivity contribution in [2.24, 2.45) is 7.05 Å². The quantitative estimate of drug-likeness (QED) is 0.814. The van der Waals surface area contributed by atoms with Crippen LogP contribution in [0.2, 0.25) is 10.0 Å². The molecule has 94 valence electrons. The summed E-state index contributed by atoms with van der Waals surface area (Å²) in [5.74, 6) is 0.123. The van der Waals surface area contributed by atoms with Gasteiger partial charge in [0.25, 0.3) is 0 Å². The number of benzene rings is 1. The Balaban J connectivity index is 2.54. The molecule has 18 heavy (non-hydrogen) atoms. The highest BCUT2D eigenvalue weighted by Gasteiger charge is 2.21.